The van der Waals surface area contributed by atoms with Crippen molar-refractivity contribution in [1.82, 2.24) is 9.78 Å². The van der Waals surface area contributed by atoms with Crippen molar-refractivity contribution in [2.24, 2.45) is 17.9 Å². The van der Waals surface area contributed by atoms with Gasteiger partial charge in [0.05, 0.1) is 6.20 Å². The van der Waals surface area contributed by atoms with Crippen molar-refractivity contribution < 1.29 is 9.63 Å². The van der Waals surface area contributed by atoms with Crippen LogP contribution >= 0.6 is 0 Å². The summed E-state index contributed by atoms with van der Waals surface area (Å²) in [6, 6.07) is 5.28. The third kappa shape index (κ3) is 2.86. The Bertz CT molecular complexity index is 718. The molecule has 0 spiro atoms. The van der Waals surface area contributed by atoms with Gasteiger partial charge in [-0.2, -0.15) is 5.10 Å². The first-order chi connectivity index (χ1) is 9.91. The third-order valence-electron chi connectivity index (χ3n) is 3.33. The number of rotatable bonds is 3. The van der Waals surface area contributed by atoms with Crippen molar-refractivity contribution in [1.29, 1.82) is 0 Å². The number of anilines is 1. The summed E-state index contributed by atoms with van der Waals surface area (Å²) in [5.74, 6) is -0.514. The fourth-order valence-electron chi connectivity index (χ4n) is 1.82. The predicted molar refractivity (Wildman–Crippen MR) is 79.7 cm³/mol. The second kappa shape index (κ2) is 5.66. The number of hydrogen-bond acceptors (Lipinski definition) is 5. The third-order valence-corrected chi connectivity index (χ3v) is 3.33. The number of aryl methyl sites for hydroxylation is 1. The van der Waals surface area contributed by atoms with E-state index < -0.39 is 5.97 Å². The molecule has 0 aliphatic heterocycles. The number of carbonyl (C=O) groups is 1. The van der Waals surface area contributed by atoms with E-state index in [-0.39, 0.29) is 5.84 Å². The molecule has 0 unspecified atom stereocenters. The predicted octanol–water partition coefficient (Wildman–Crippen LogP) is 1.10. The quantitative estimate of drug-likeness (QED) is 0.289. The van der Waals surface area contributed by atoms with Crippen LogP contribution in [0.3, 0.4) is 0 Å². The molecule has 110 valence electrons. The Balaban J connectivity index is 2.19. The smallest absolute Gasteiger partial charge is 0.369 e. The Morgan fingerprint density at radius 3 is 2.67 bits per heavy atom. The van der Waals surface area contributed by atoms with E-state index >= 15 is 0 Å². The van der Waals surface area contributed by atoms with Crippen molar-refractivity contribution in [2.75, 3.05) is 5.73 Å². The summed E-state index contributed by atoms with van der Waals surface area (Å²) in [6.45, 7) is 3.58. The number of nitrogen functional groups attached to an aromatic ring is 1. The van der Waals surface area contributed by atoms with Gasteiger partial charge in [-0.05, 0) is 25.5 Å². The lowest BCUT2D eigenvalue weighted by atomic mass is 10.1. The van der Waals surface area contributed by atoms with Gasteiger partial charge in [0, 0.05) is 24.0 Å². The van der Waals surface area contributed by atoms with Crippen molar-refractivity contribution in [3.63, 3.8) is 0 Å². The highest BCUT2D eigenvalue weighted by Gasteiger charge is 2.15. The molecule has 0 aliphatic carbocycles. The SMILES string of the molecule is Cc1c(N)cccc1/C(N)=N/OC(=O)c1cnn(C)c1C. The van der Waals surface area contributed by atoms with Crippen LogP contribution < -0.4 is 11.5 Å². The van der Waals surface area contributed by atoms with Crippen LogP contribution in [0.25, 0.3) is 0 Å². The monoisotopic (exact) mass is 287 g/mol. The minimum absolute atomic E-state index is 0.0923. The van der Waals surface area contributed by atoms with Crippen LogP contribution in [-0.2, 0) is 11.9 Å². The molecule has 7 heteroatoms. The molecule has 0 bridgehead atoms. The molecule has 0 saturated carbocycles. The molecule has 0 fully saturated rings. The van der Waals surface area contributed by atoms with E-state index in [0.29, 0.717) is 22.5 Å². The molecule has 0 aliphatic rings. The van der Waals surface area contributed by atoms with E-state index in [9.17, 15) is 4.79 Å². The summed E-state index contributed by atoms with van der Waals surface area (Å²) < 4.78 is 1.58. The highest BCUT2D eigenvalue weighted by atomic mass is 16.7. The molecule has 0 saturated heterocycles. The molecule has 2 aromatic rings. The minimum Gasteiger partial charge on any atom is -0.398 e. The van der Waals surface area contributed by atoms with Gasteiger partial charge in [0.25, 0.3) is 0 Å². The normalized spacial score (nSPS) is 11.5. The number of aromatic nitrogens is 2. The first-order valence-corrected chi connectivity index (χ1v) is 6.30. The Kier molecular flexibility index (Phi) is 3.93. The molecule has 2 rings (SSSR count). The van der Waals surface area contributed by atoms with Gasteiger partial charge in [0.15, 0.2) is 5.84 Å². The largest absolute Gasteiger partial charge is 0.398 e. The maximum atomic E-state index is 11.9. The molecule has 4 N–H and O–H groups in total. The maximum absolute atomic E-state index is 11.9. The Morgan fingerprint density at radius 2 is 2.05 bits per heavy atom. The zero-order valence-corrected chi connectivity index (χ0v) is 12.1. The van der Waals surface area contributed by atoms with Gasteiger partial charge in [0.2, 0.25) is 0 Å². The van der Waals surface area contributed by atoms with E-state index in [1.165, 1.54) is 6.20 Å². The summed E-state index contributed by atoms with van der Waals surface area (Å²) >= 11 is 0. The molecular formula is C14H17N5O2. The van der Waals surface area contributed by atoms with Gasteiger partial charge in [-0.3, -0.25) is 4.68 Å². The molecule has 21 heavy (non-hydrogen) atoms. The average molecular weight is 287 g/mol. The van der Waals surface area contributed by atoms with Crippen LogP contribution in [0.5, 0.6) is 0 Å². The first kappa shape index (κ1) is 14.6. The lowest BCUT2D eigenvalue weighted by Crippen LogP contribution is -2.17. The molecule has 0 amide bonds. The molecule has 0 radical (unpaired) electrons. The Hall–Kier alpha value is -2.83. The summed E-state index contributed by atoms with van der Waals surface area (Å²) in [5, 5.41) is 7.64. The minimum atomic E-state index is -0.606. The van der Waals surface area contributed by atoms with E-state index in [1.807, 2.05) is 6.92 Å². The zero-order valence-electron chi connectivity index (χ0n) is 12.1. The fraction of sp³-hybridized carbons (Fsp3) is 0.214. The Labute approximate surface area is 122 Å². The van der Waals surface area contributed by atoms with Gasteiger partial charge >= 0.3 is 5.97 Å². The molecule has 1 aromatic heterocycles. The summed E-state index contributed by atoms with van der Waals surface area (Å²) in [6.07, 6.45) is 1.43. The maximum Gasteiger partial charge on any atom is 0.369 e. The molecular weight excluding hydrogens is 270 g/mol. The number of benzene rings is 1. The van der Waals surface area contributed by atoms with Crippen LogP contribution in [0.15, 0.2) is 29.6 Å². The van der Waals surface area contributed by atoms with Crippen molar-refractivity contribution >= 4 is 17.5 Å². The van der Waals surface area contributed by atoms with Gasteiger partial charge in [-0.1, -0.05) is 17.3 Å². The van der Waals surface area contributed by atoms with Crippen LogP contribution in [-0.4, -0.2) is 21.6 Å². The number of nitrogens with zero attached hydrogens (tertiary/aromatic N) is 3. The van der Waals surface area contributed by atoms with Crippen LogP contribution in [0.4, 0.5) is 5.69 Å². The van der Waals surface area contributed by atoms with E-state index in [1.54, 1.807) is 36.9 Å². The van der Waals surface area contributed by atoms with Gasteiger partial charge in [0.1, 0.15) is 5.56 Å². The van der Waals surface area contributed by atoms with Crippen LogP contribution in [0.2, 0.25) is 0 Å². The number of hydrogen-bond donors (Lipinski definition) is 2. The second-order valence-electron chi connectivity index (χ2n) is 4.64. The first-order valence-electron chi connectivity index (χ1n) is 6.30. The lowest BCUT2D eigenvalue weighted by Gasteiger charge is -2.07. The molecule has 7 nitrogen and oxygen atoms in total. The molecule has 1 aromatic carbocycles. The topological polar surface area (TPSA) is 109 Å². The standard InChI is InChI=1S/C14H17N5O2/c1-8-10(5-4-6-12(8)15)13(16)18-21-14(20)11-7-17-19(3)9(11)2/h4-7H,15H2,1-3H3,(H2,16,18). The fourth-order valence-corrected chi connectivity index (χ4v) is 1.82. The van der Waals surface area contributed by atoms with Crippen molar-refractivity contribution in [3.05, 3.63) is 46.8 Å². The van der Waals surface area contributed by atoms with E-state index in [4.69, 9.17) is 16.3 Å². The van der Waals surface area contributed by atoms with Crippen molar-refractivity contribution in [3.8, 4) is 0 Å². The van der Waals surface area contributed by atoms with Crippen LogP contribution in [0.1, 0.15) is 27.2 Å². The highest BCUT2D eigenvalue weighted by Crippen LogP contribution is 2.15. The van der Waals surface area contributed by atoms with Crippen molar-refractivity contribution in [2.45, 2.75) is 13.8 Å². The number of oxime groups is 1. The summed E-state index contributed by atoms with van der Waals surface area (Å²) in [5.41, 5.74) is 14.7. The van der Waals surface area contributed by atoms with Gasteiger partial charge in [-0.25, -0.2) is 4.79 Å². The van der Waals surface area contributed by atoms with Gasteiger partial charge in [-0.15, -0.1) is 0 Å². The number of carbonyl (C=O) groups excluding carboxylic acids is 1. The lowest BCUT2D eigenvalue weighted by molar-refractivity contribution is 0.0515. The van der Waals surface area contributed by atoms with E-state index in [0.717, 1.165) is 5.56 Å². The number of amidine groups is 1. The summed E-state index contributed by atoms with van der Waals surface area (Å²) in [7, 11) is 1.74. The van der Waals surface area contributed by atoms with Gasteiger partial charge < -0.3 is 16.3 Å². The average Bonchev–Trinajstić information content (AvgIpc) is 2.79. The highest BCUT2D eigenvalue weighted by molar-refractivity contribution is 6.00. The van der Waals surface area contributed by atoms with Crippen LogP contribution in [0, 0.1) is 13.8 Å². The zero-order chi connectivity index (χ0) is 15.6. The van der Waals surface area contributed by atoms with E-state index in [2.05, 4.69) is 10.3 Å². The molecule has 0 atom stereocenters. The number of nitrogens with two attached hydrogens (primary N) is 2. The molecule has 1 heterocycles. The summed E-state index contributed by atoms with van der Waals surface area (Å²) in [4.78, 5) is 16.8. The Morgan fingerprint density at radius 1 is 1.33 bits per heavy atom. The second-order valence-corrected chi connectivity index (χ2v) is 4.64.